The van der Waals surface area contributed by atoms with E-state index in [4.69, 9.17) is 10.9 Å². The van der Waals surface area contributed by atoms with Crippen molar-refractivity contribution in [1.82, 2.24) is 0 Å². The van der Waals surface area contributed by atoms with Crippen molar-refractivity contribution in [2.75, 3.05) is 5.73 Å². The molecule has 0 bridgehead atoms. The van der Waals surface area contributed by atoms with Gasteiger partial charge in [-0.1, -0.05) is 0 Å². The molecule has 0 aliphatic heterocycles. The van der Waals surface area contributed by atoms with Gasteiger partial charge in [0.2, 0.25) is 21.2 Å². The minimum atomic E-state index is -3.87. The molecule has 70 valence electrons. The molecule has 2 rings (SSSR count). The predicted octanol–water partition coefficient (Wildman–Crippen LogP) is 0.255. The average Bonchev–Trinajstić information content (AvgIpc) is 1.93. The first-order valence-corrected chi connectivity index (χ1v) is 4.84. The molecule has 0 amide bonds. The molecule has 0 fully saturated rings. The Morgan fingerprint density at radius 2 is 1.92 bits per heavy atom. The quantitative estimate of drug-likeness (QED) is 0.508. The third-order valence-corrected chi connectivity index (χ3v) is 2.60. The fourth-order valence-electron chi connectivity index (χ4n) is 1.05. The number of nitrogens with two attached hydrogens (primary N) is 2. The van der Waals surface area contributed by atoms with Crippen molar-refractivity contribution in [2.24, 2.45) is 5.14 Å². The molecule has 1 aromatic heterocycles. The van der Waals surface area contributed by atoms with E-state index in [9.17, 15) is 8.42 Å². The van der Waals surface area contributed by atoms with Crippen LogP contribution in [-0.2, 0) is 10.0 Å². The number of sulfonamides is 1. The summed E-state index contributed by atoms with van der Waals surface area (Å²) in [7, 11) is -3.87. The predicted molar refractivity (Wildman–Crippen MR) is 44.3 cm³/mol. The van der Waals surface area contributed by atoms with Gasteiger partial charge < -0.3 is 5.73 Å². The maximum absolute atomic E-state index is 11.0. The van der Waals surface area contributed by atoms with Crippen LogP contribution in [-0.4, -0.2) is 8.42 Å². The van der Waals surface area contributed by atoms with Crippen molar-refractivity contribution in [1.29, 1.82) is 0 Å². The number of fused-ring (bicyclic) bond motifs is 1. The molecular formula is C6H6N2O4S. The van der Waals surface area contributed by atoms with Crippen LogP contribution in [0.4, 0.5) is 5.69 Å². The largest absolute Gasteiger partial charge is 0.398 e. The second kappa shape index (κ2) is 2.27. The Labute approximate surface area is 73.1 Å². The van der Waals surface area contributed by atoms with Gasteiger partial charge in [-0.2, -0.15) is 0 Å². The Balaban J connectivity index is 2.89. The van der Waals surface area contributed by atoms with Crippen LogP contribution in [0.1, 0.15) is 0 Å². The van der Waals surface area contributed by atoms with Crippen LogP contribution in [0.15, 0.2) is 26.2 Å². The highest BCUT2D eigenvalue weighted by Crippen LogP contribution is 2.30. The molecule has 6 nitrogen and oxygen atoms in total. The lowest BCUT2D eigenvalue weighted by Gasteiger charge is -2.05. The van der Waals surface area contributed by atoms with E-state index in [1.54, 1.807) is 0 Å². The molecule has 2 aromatic rings. The van der Waals surface area contributed by atoms with E-state index in [1.807, 2.05) is 0 Å². The van der Waals surface area contributed by atoms with Gasteiger partial charge in [-0.05, 0) is 12.1 Å². The minimum Gasteiger partial charge on any atom is -0.398 e. The Morgan fingerprint density at radius 3 is 2.31 bits per heavy atom. The van der Waals surface area contributed by atoms with E-state index in [2.05, 4.69) is 9.15 Å². The van der Waals surface area contributed by atoms with Crippen molar-refractivity contribution >= 4 is 26.9 Å². The molecule has 0 radical (unpaired) electrons. The van der Waals surface area contributed by atoms with E-state index in [1.165, 1.54) is 12.1 Å². The molecule has 0 atom stereocenters. The van der Waals surface area contributed by atoms with Gasteiger partial charge in [0, 0.05) is 0 Å². The summed E-state index contributed by atoms with van der Waals surface area (Å²) in [6, 6.07) is 2.89. The van der Waals surface area contributed by atoms with Gasteiger partial charge in [-0.15, -0.1) is 0 Å². The first-order valence-electron chi connectivity index (χ1n) is 3.30. The molecule has 0 aliphatic rings. The van der Waals surface area contributed by atoms with Crippen LogP contribution < -0.4 is 10.9 Å². The summed E-state index contributed by atoms with van der Waals surface area (Å²) in [5.41, 5.74) is 5.85. The first kappa shape index (κ1) is 8.14. The van der Waals surface area contributed by atoms with E-state index >= 15 is 0 Å². The lowest BCUT2D eigenvalue weighted by molar-refractivity contribution is 0.0564. The van der Waals surface area contributed by atoms with Crippen LogP contribution in [0, 0.1) is 0 Å². The number of primary sulfonamides is 1. The van der Waals surface area contributed by atoms with Crippen molar-refractivity contribution < 1.29 is 17.6 Å². The van der Waals surface area contributed by atoms with Gasteiger partial charge in [0.25, 0.3) is 0 Å². The van der Waals surface area contributed by atoms with Gasteiger partial charge in [0.15, 0.2) is 4.90 Å². The summed E-state index contributed by atoms with van der Waals surface area (Å²) in [6.45, 7) is 0. The van der Waals surface area contributed by atoms with Gasteiger partial charge in [-0.3, -0.25) is 9.15 Å². The zero-order valence-corrected chi connectivity index (χ0v) is 7.17. The first-order chi connectivity index (χ1) is 6.00. The van der Waals surface area contributed by atoms with Gasteiger partial charge in [0.1, 0.15) is 0 Å². The molecule has 0 unspecified atom stereocenters. The number of hydrogen-bond donors (Lipinski definition) is 2. The van der Waals surface area contributed by atoms with Crippen LogP contribution in [0.25, 0.3) is 11.2 Å². The summed E-state index contributed by atoms with van der Waals surface area (Å²) in [5.74, 6) is 0. The molecule has 7 heteroatoms. The summed E-state index contributed by atoms with van der Waals surface area (Å²) in [4.78, 5) is -0.226. The Kier molecular flexibility index (Phi) is 1.42. The Hall–Kier alpha value is -1.47. The number of anilines is 1. The molecular weight excluding hydrogens is 196 g/mol. The van der Waals surface area contributed by atoms with Gasteiger partial charge >= 0.3 is 0 Å². The molecule has 0 spiro atoms. The van der Waals surface area contributed by atoms with Crippen molar-refractivity contribution in [2.45, 2.75) is 4.90 Å². The third-order valence-electron chi connectivity index (χ3n) is 1.61. The molecule has 0 saturated heterocycles. The van der Waals surface area contributed by atoms with Crippen LogP contribution in [0.3, 0.4) is 0 Å². The minimum absolute atomic E-state index is 0.0459. The second-order valence-electron chi connectivity index (χ2n) is 2.52. The maximum Gasteiger partial charge on any atom is 0.247 e. The van der Waals surface area contributed by atoms with Crippen LogP contribution >= 0.6 is 0 Å². The third kappa shape index (κ3) is 1.09. The average molecular weight is 202 g/mol. The van der Waals surface area contributed by atoms with Gasteiger partial charge in [0.05, 0.1) is 5.69 Å². The highest BCUT2D eigenvalue weighted by atomic mass is 32.2. The maximum atomic E-state index is 11.0. The molecule has 1 aromatic carbocycles. The second-order valence-corrected chi connectivity index (χ2v) is 4.02. The number of benzene rings is 1. The molecule has 4 N–H and O–H groups in total. The molecule has 0 saturated carbocycles. The van der Waals surface area contributed by atoms with Crippen molar-refractivity contribution in [3.8, 4) is 0 Å². The number of nitrogen functional groups attached to an aromatic ring is 1. The molecule has 0 aliphatic carbocycles. The monoisotopic (exact) mass is 202 g/mol. The smallest absolute Gasteiger partial charge is 0.247 e. The van der Waals surface area contributed by atoms with Crippen LogP contribution in [0.2, 0.25) is 0 Å². The highest BCUT2D eigenvalue weighted by Gasteiger charge is 2.22. The SMILES string of the molecule is Nc1ccc2ooc2c1S(N)(=O)=O. The standard InChI is InChI=1S/C6H6N2O4S/c7-3-1-2-4-5(12-11-4)6(3)13(8,9)10/h1-2H,7H2,(H2,8,9,10). The fourth-order valence-corrected chi connectivity index (χ4v) is 1.84. The Bertz CT molecular complexity index is 550. The number of rotatable bonds is 1. The summed E-state index contributed by atoms with van der Waals surface area (Å²) < 4.78 is 31.0. The summed E-state index contributed by atoms with van der Waals surface area (Å²) in [5, 5.41) is 4.92. The lowest BCUT2D eigenvalue weighted by atomic mass is 10.3. The van der Waals surface area contributed by atoms with E-state index < -0.39 is 10.0 Å². The summed E-state index contributed by atoms with van der Waals surface area (Å²) >= 11 is 0. The lowest BCUT2D eigenvalue weighted by Crippen LogP contribution is -2.15. The Morgan fingerprint density at radius 1 is 1.23 bits per heavy atom. The van der Waals surface area contributed by atoms with E-state index in [0.29, 0.717) is 5.58 Å². The van der Waals surface area contributed by atoms with Crippen molar-refractivity contribution in [3.05, 3.63) is 12.1 Å². The van der Waals surface area contributed by atoms with Crippen molar-refractivity contribution in [3.63, 3.8) is 0 Å². The molecule has 1 heterocycles. The normalized spacial score (nSPS) is 12.4. The fraction of sp³-hybridized carbons (Fsp3) is 0. The zero-order valence-electron chi connectivity index (χ0n) is 6.35. The van der Waals surface area contributed by atoms with E-state index in [-0.39, 0.29) is 16.2 Å². The van der Waals surface area contributed by atoms with Crippen LogP contribution in [0.5, 0.6) is 0 Å². The topological polar surface area (TPSA) is 112 Å². The zero-order chi connectivity index (χ0) is 9.64. The molecule has 13 heavy (non-hydrogen) atoms. The summed E-state index contributed by atoms with van der Waals surface area (Å²) in [6.07, 6.45) is 0. The van der Waals surface area contributed by atoms with E-state index in [0.717, 1.165) is 0 Å². The number of hydrogen-bond acceptors (Lipinski definition) is 5. The van der Waals surface area contributed by atoms with Gasteiger partial charge in [-0.25, -0.2) is 13.6 Å². The highest BCUT2D eigenvalue weighted by molar-refractivity contribution is 7.89.